The maximum absolute atomic E-state index is 12.3. The second-order valence-corrected chi connectivity index (χ2v) is 4.90. The number of benzene rings is 2. The molecule has 1 aliphatic rings. The first-order chi connectivity index (χ1) is 10.2. The van der Waals surface area contributed by atoms with E-state index in [0.717, 1.165) is 5.56 Å². The molecule has 1 heterocycles. The van der Waals surface area contributed by atoms with Crippen LogP contribution in [0.4, 0.5) is 0 Å². The first-order valence-corrected chi connectivity index (χ1v) is 6.86. The molecule has 1 aliphatic heterocycles. The average Bonchev–Trinajstić information content (AvgIpc) is 2.70. The molecule has 0 aromatic heterocycles. The van der Waals surface area contributed by atoms with Crippen LogP contribution in [0.15, 0.2) is 48.5 Å². The smallest absolute Gasteiger partial charge is 0.255 e. The van der Waals surface area contributed by atoms with E-state index in [9.17, 15) is 9.59 Å². The van der Waals surface area contributed by atoms with Crippen molar-refractivity contribution in [3.05, 3.63) is 65.2 Å². The Morgan fingerprint density at radius 3 is 2.76 bits per heavy atom. The van der Waals surface area contributed by atoms with Crippen LogP contribution in [-0.4, -0.2) is 24.8 Å². The third-order valence-electron chi connectivity index (χ3n) is 3.40. The van der Waals surface area contributed by atoms with Gasteiger partial charge in [0.2, 0.25) is 0 Å². The molecule has 4 nitrogen and oxygen atoms in total. The predicted octanol–water partition coefficient (Wildman–Crippen LogP) is 2.23. The fraction of sp³-hybridized carbons (Fsp3) is 0.176. The van der Waals surface area contributed by atoms with Crippen molar-refractivity contribution in [1.29, 1.82) is 0 Å². The Labute approximate surface area is 122 Å². The molecule has 1 N–H and O–H groups in total. The Morgan fingerprint density at radius 2 is 1.95 bits per heavy atom. The molecule has 0 saturated carbocycles. The highest BCUT2D eigenvalue weighted by Crippen LogP contribution is 2.22. The number of carbonyl (C=O) groups is 2. The van der Waals surface area contributed by atoms with Gasteiger partial charge in [0, 0.05) is 12.0 Å². The molecule has 0 radical (unpaired) electrons. The highest BCUT2D eigenvalue weighted by Gasteiger charge is 2.18. The van der Waals surface area contributed by atoms with Gasteiger partial charge in [-0.1, -0.05) is 30.3 Å². The Balaban J connectivity index is 1.86. The second-order valence-electron chi connectivity index (χ2n) is 4.90. The summed E-state index contributed by atoms with van der Waals surface area (Å²) < 4.78 is 5.48. The van der Waals surface area contributed by atoms with Crippen molar-refractivity contribution in [3.8, 4) is 5.75 Å². The number of ether oxygens (including phenoxy) is 1. The highest BCUT2D eigenvalue weighted by molar-refractivity contribution is 6.03. The molecule has 21 heavy (non-hydrogen) atoms. The van der Waals surface area contributed by atoms with Crippen molar-refractivity contribution >= 4 is 11.7 Å². The summed E-state index contributed by atoms with van der Waals surface area (Å²) in [6.07, 6.45) is 0.322. The van der Waals surface area contributed by atoms with Gasteiger partial charge in [-0.15, -0.1) is 0 Å². The van der Waals surface area contributed by atoms with Gasteiger partial charge in [-0.3, -0.25) is 9.59 Å². The minimum atomic E-state index is -0.197. The maximum Gasteiger partial charge on any atom is 0.255 e. The molecule has 0 unspecified atom stereocenters. The lowest BCUT2D eigenvalue weighted by molar-refractivity contribution is 0.0957. The fourth-order valence-electron chi connectivity index (χ4n) is 2.31. The lowest BCUT2D eigenvalue weighted by Gasteiger charge is -2.07. The Kier molecular flexibility index (Phi) is 3.69. The first-order valence-electron chi connectivity index (χ1n) is 6.86. The average molecular weight is 281 g/mol. The fourth-order valence-corrected chi connectivity index (χ4v) is 2.31. The number of amides is 1. The van der Waals surface area contributed by atoms with Gasteiger partial charge < -0.3 is 10.1 Å². The summed E-state index contributed by atoms with van der Waals surface area (Å²) in [4.78, 5) is 24.3. The van der Waals surface area contributed by atoms with Crippen molar-refractivity contribution in [2.24, 2.45) is 0 Å². The molecule has 1 amide bonds. The van der Waals surface area contributed by atoms with Gasteiger partial charge in [-0.05, 0) is 23.8 Å². The van der Waals surface area contributed by atoms with Gasteiger partial charge in [-0.25, -0.2) is 0 Å². The number of hydrogen-bond acceptors (Lipinski definition) is 3. The molecule has 3 rings (SSSR count). The molecule has 0 fully saturated rings. The largest absolute Gasteiger partial charge is 0.491 e. The zero-order chi connectivity index (χ0) is 14.7. The van der Waals surface area contributed by atoms with E-state index in [1.807, 2.05) is 30.3 Å². The monoisotopic (exact) mass is 281 g/mol. The lowest BCUT2D eigenvalue weighted by atomic mass is 10.0. The topological polar surface area (TPSA) is 55.4 Å². The van der Waals surface area contributed by atoms with Gasteiger partial charge in [0.25, 0.3) is 5.91 Å². The second kappa shape index (κ2) is 5.79. The van der Waals surface area contributed by atoms with Gasteiger partial charge in [-0.2, -0.15) is 0 Å². The lowest BCUT2D eigenvalue weighted by Crippen LogP contribution is -2.24. The Morgan fingerprint density at radius 1 is 1.14 bits per heavy atom. The summed E-state index contributed by atoms with van der Waals surface area (Å²) in [5.74, 6) is 0.319. The minimum Gasteiger partial charge on any atom is -0.491 e. The van der Waals surface area contributed by atoms with Gasteiger partial charge in [0.15, 0.2) is 5.78 Å². The van der Waals surface area contributed by atoms with Gasteiger partial charge in [0.05, 0.1) is 12.1 Å². The summed E-state index contributed by atoms with van der Waals surface area (Å²) in [5.41, 5.74) is 1.91. The van der Waals surface area contributed by atoms with Crippen LogP contribution in [0.5, 0.6) is 5.75 Å². The molecular weight excluding hydrogens is 266 g/mol. The maximum atomic E-state index is 12.3. The van der Waals surface area contributed by atoms with Crippen LogP contribution in [0.1, 0.15) is 26.3 Å². The normalized spacial score (nSPS) is 13.6. The van der Waals surface area contributed by atoms with E-state index in [1.165, 1.54) is 0 Å². The molecular formula is C17H15NO3. The molecule has 0 atom stereocenters. The van der Waals surface area contributed by atoms with Crippen LogP contribution >= 0.6 is 0 Å². The highest BCUT2D eigenvalue weighted by atomic mass is 16.5. The molecule has 2 aromatic rings. The zero-order valence-corrected chi connectivity index (χ0v) is 11.5. The molecule has 106 valence electrons. The van der Waals surface area contributed by atoms with Crippen molar-refractivity contribution in [2.45, 2.75) is 6.42 Å². The Bertz CT molecular complexity index is 680. The van der Waals surface area contributed by atoms with Crippen LogP contribution in [0.25, 0.3) is 0 Å². The summed E-state index contributed by atoms with van der Waals surface area (Å²) in [6, 6.07) is 14.6. The first kappa shape index (κ1) is 13.4. The van der Waals surface area contributed by atoms with Crippen LogP contribution in [0.3, 0.4) is 0 Å². The van der Waals surface area contributed by atoms with E-state index in [0.29, 0.717) is 36.4 Å². The van der Waals surface area contributed by atoms with Gasteiger partial charge in [0.1, 0.15) is 12.4 Å². The van der Waals surface area contributed by atoms with Crippen molar-refractivity contribution in [1.82, 2.24) is 5.32 Å². The van der Waals surface area contributed by atoms with Crippen molar-refractivity contribution < 1.29 is 14.3 Å². The SMILES string of the molecule is O=C(Cc1ccccc1)c1ccc2c(c1)C(=O)NCCO2. The van der Waals surface area contributed by atoms with Crippen LogP contribution < -0.4 is 10.1 Å². The van der Waals surface area contributed by atoms with Gasteiger partial charge >= 0.3 is 0 Å². The quantitative estimate of drug-likeness (QED) is 0.878. The predicted molar refractivity (Wildman–Crippen MR) is 78.7 cm³/mol. The van der Waals surface area contributed by atoms with E-state index in [-0.39, 0.29) is 11.7 Å². The molecule has 0 saturated heterocycles. The van der Waals surface area contributed by atoms with E-state index < -0.39 is 0 Å². The molecule has 0 aliphatic carbocycles. The van der Waals surface area contributed by atoms with Crippen LogP contribution in [0.2, 0.25) is 0 Å². The molecule has 0 spiro atoms. The number of hydrogen-bond donors (Lipinski definition) is 1. The van der Waals surface area contributed by atoms with Crippen LogP contribution in [-0.2, 0) is 6.42 Å². The number of fused-ring (bicyclic) bond motifs is 1. The van der Waals surface area contributed by atoms with E-state index in [4.69, 9.17) is 4.74 Å². The zero-order valence-electron chi connectivity index (χ0n) is 11.5. The molecule has 0 bridgehead atoms. The number of carbonyl (C=O) groups excluding carboxylic acids is 2. The summed E-state index contributed by atoms with van der Waals surface area (Å²) in [6.45, 7) is 0.914. The number of ketones is 1. The molecule has 2 aromatic carbocycles. The van der Waals surface area contributed by atoms with E-state index in [2.05, 4.69) is 5.32 Å². The minimum absolute atomic E-state index is 0.0129. The van der Waals surface area contributed by atoms with Crippen LogP contribution in [0, 0.1) is 0 Å². The molecule has 4 heteroatoms. The third-order valence-corrected chi connectivity index (χ3v) is 3.40. The Hall–Kier alpha value is -2.62. The van der Waals surface area contributed by atoms with Crippen molar-refractivity contribution in [2.75, 3.05) is 13.2 Å². The number of rotatable bonds is 3. The van der Waals surface area contributed by atoms with E-state index >= 15 is 0 Å². The summed E-state index contributed by atoms with van der Waals surface area (Å²) >= 11 is 0. The third kappa shape index (κ3) is 2.94. The summed E-state index contributed by atoms with van der Waals surface area (Å²) in [5, 5.41) is 2.74. The number of Topliss-reactive ketones (excluding diaryl/α,β-unsaturated/α-hetero) is 1. The summed E-state index contributed by atoms with van der Waals surface area (Å²) in [7, 11) is 0. The van der Waals surface area contributed by atoms with Crippen molar-refractivity contribution in [3.63, 3.8) is 0 Å². The number of nitrogens with one attached hydrogen (secondary N) is 1. The standard InChI is InChI=1S/C17H15NO3/c19-15(10-12-4-2-1-3-5-12)13-6-7-16-14(11-13)17(20)18-8-9-21-16/h1-7,11H,8-10H2,(H,18,20). The van der Waals surface area contributed by atoms with E-state index in [1.54, 1.807) is 18.2 Å².